The molecule has 0 N–H and O–H groups in total. The molecule has 0 bridgehead atoms. The van der Waals surface area contributed by atoms with Crippen molar-refractivity contribution in [1.82, 2.24) is 0 Å². The summed E-state index contributed by atoms with van der Waals surface area (Å²) in [6.45, 7) is 2.94. The molecule has 160 valence electrons. The maximum absolute atomic E-state index is 5.95. The third-order valence-electron chi connectivity index (χ3n) is 4.79. The van der Waals surface area contributed by atoms with E-state index < -0.39 is 8.60 Å². The molecule has 0 aliphatic carbocycles. The van der Waals surface area contributed by atoms with E-state index in [4.69, 9.17) is 13.6 Å². The van der Waals surface area contributed by atoms with Crippen LogP contribution in [0, 0.1) is 0 Å². The van der Waals surface area contributed by atoms with Gasteiger partial charge >= 0.3 is 8.60 Å². The highest BCUT2D eigenvalue weighted by Crippen LogP contribution is 2.41. The van der Waals surface area contributed by atoms with Crippen LogP contribution in [0.1, 0.15) is 77.6 Å². The van der Waals surface area contributed by atoms with Gasteiger partial charge in [-0.2, -0.15) is 0 Å². The third-order valence-corrected chi connectivity index (χ3v) is 5.90. The van der Waals surface area contributed by atoms with E-state index in [1.54, 1.807) is 0 Å². The van der Waals surface area contributed by atoms with Gasteiger partial charge < -0.3 is 9.05 Å². The molecule has 29 heavy (non-hydrogen) atoms. The molecule has 4 heteroatoms. The topological polar surface area (TPSA) is 27.7 Å². The zero-order chi connectivity index (χ0) is 20.4. The normalized spacial score (nSPS) is 11.0. The number of benzene rings is 2. The summed E-state index contributed by atoms with van der Waals surface area (Å²) in [6, 6.07) is 19.5. The van der Waals surface area contributed by atoms with E-state index in [-0.39, 0.29) is 0 Å². The number of unbranched alkanes of at least 4 members (excludes halogenated alkanes) is 10. The van der Waals surface area contributed by atoms with Gasteiger partial charge in [-0.1, -0.05) is 108 Å². The van der Waals surface area contributed by atoms with E-state index in [0.717, 1.165) is 17.9 Å². The molecule has 2 rings (SSSR count). The quantitative estimate of drug-likeness (QED) is 0.191. The van der Waals surface area contributed by atoms with Crippen LogP contribution in [-0.4, -0.2) is 6.61 Å². The zero-order valence-corrected chi connectivity index (χ0v) is 18.8. The van der Waals surface area contributed by atoms with Gasteiger partial charge in [-0.05, 0) is 30.7 Å². The highest BCUT2D eigenvalue weighted by atomic mass is 31.2. The van der Waals surface area contributed by atoms with E-state index in [2.05, 4.69) is 6.92 Å². The molecule has 0 fully saturated rings. The van der Waals surface area contributed by atoms with Crippen LogP contribution >= 0.6 is 8.60 Å². The molecule has 0 atom stereocenters. The van der Waals surface area contributed by atoms with Crippen molar-refractivity contribution >= 4 is 8.60 Å². The highest BCUT2D eigenvalue weighted by Gasteiger charge is 2.16. The van der Waals surface area contributed by atoms with Crippen molar-refractivity contribution in [2.45, 2.75) is 77.6 Å². The predicted octanol–water partition coefficient (Wildman–Crippen LogP) is 8.70. The average molecular weight is 417 g/mol. The minimum atomic E-state index is -1.45. The molecule has 0 radical (unpaired) electrons. The van der Waals surface area contributed by atoms with Crippen LogP contribution in [-0.2, 0) is 4.52 Å². The van der Waals surface area contributed by atoms with Crippen molar-refractivity contribution in [3.63, 3.8) is 0 Å². The van der Waals surface area contributed by atoms with Gasteiger partial charge in [0.15, 0.2) is 0 Å². The van der Waals surface area contributed by atoms with Crippen LogP contribution in [0.2, 0.25) is 0 Å². The largest absolute Gasteiger partial charge is 0.463 e. The van der Waals surface area contributed by atoms with Gasteiger partial charge in [0.25, 0.3) is 0 Å². The van der Waals surface area contributed by atoms with Crippen molar-refractivity contribution < 1.29 is 13.6 Å². The van der Waals surface area contributed by atoms with Crippen LogP contribution in [0.25, 0.3) is 0 Å². The first-order valence-corrected chi connectivity index (χ1v) is 12.4. The Morgan fingerprint density at radius 1 is 0.552 bits per heavy atom. The smallest absolute Gasteiger partial charge is 0.418 e. The molecule has 0 saturated heterocycles. The van der Waals surface area contributed by atoms with Crippen molar-refractivity contribution in [2.24, 2.45) is 0 Å². The van der Waals surface area contributed by atoms with Crippen LogP contribution < -0.4 is 9.05 Å². The van der Waals surface area contributed by atoms with Crippen LogP contribution in [0.4, 0.5) is 0 Å². The summed E-state index contributed by atoms with van der Waals surface area (Å²) in [5, 5.41) is 0. The van der Waals surface area contributed by atoms with Crippen molar-refractivity contribution in [3.05, 3.63) is 60.7 Å². The van der Waals surface area contributed by atoms with Gasteiger partial charge in [-0.25, -0.2) is 0 Å². The Labute approximate surface area is 178 Å². The van der Waals surface area contributed by atoms with E-state index in [1.165, 1.54) is 64.2 Å². The summed E-state index contributed by atoms with van der Waals surface area (Å²) in [4.78, 5) is 0. The molecule has 0 aromatic heterocycles. The maximum Gasteiger partial charge on any atom is 0.463 e. The zero-order valence-electron chi connectivity index (χ0n) is 17.9. The predicted molar refractivity (Wildman–Crippen MR) is 123 cm³/mol. The minimum absolute atomic E-state index is 0.669. The highest BCUT2D eigenvalue weighted by molar-refractivity contribution is 7.42. The van der Waals surface area contributed by atoms with Crippen molar-refractivity contribution in [3.8, 4) is 11.5 Å². The van der Waals surface area contributed by atoms with E-state index >= 15 is 0 Å². The molecular weight excluding hydrogens is 379 g/mol. The van der Waals surface area contributed by atoms with Crippen LogP contribution in [0.15, 0.2) is 60.7 Å². The lowest BCUT2D eigenvalue weighted by Gasteiger charge is -2.17. The summed E-state index contributed by atoms with van der Waals surface area (Å²) in [5.41, 5.74) is 0. The molecule has 0 heterocycles. The van der Waals surface area contributed by atoms with Crippen molar-refractivity contribution in [1.29, 1.82) is 0 Å². The average Bonchev–Trinajstić information content (AvgIpc) is 2.76. The van der Waals surface area contributed by atoms with Crippen LogP contribution in [0.5, 0.6) is 11.5 Å². The first-order chi connectivity index (χ1) is 14.4. The first-order valence-electron chi connectivity index (χ1n) is 11.3. The van der Waals surface area contributed by atoms with Gasteiger partial charge in [-0.3, -0.25) is 4.52 Å². The maximum atomic E-state index is 5.95. The Balaban J connectivity index is 1.58. The number of para-hydroxylation sites is 2. The standard InChI is InChI=1S/C25H37O3P/c1-2-3-4-5-6-7-8-9-10-11-18-23-26-29(27-24-19-14-12-15-20-24)28-25-21-16-13-17-22-25/h12-17,19-22H,2-11,18,23H2,1H3. The molecule has 0 amide bonds. The number of hydrogen-bond acceptors (Lipinski definition) is 3. The Hall–Kier alpha value is -1.57. The fraction of sp³-hybridized carbons (Fsp3) is 0.520. The Bertz CT molecular complexity index is 564. The fourth-order valence-corrected chi connectivity index (χ4v) is 4.12. The second-order valence-corrected chi connectivity index (χ2v) is 8.47. The van der Waals surface area contributed by atoms with Crippen LogP contribution in [0.3, 0.4) is 0 Å². The summed E-state index contributed by atoms with van der Waals surface area (Å²) < 4.78 is 17.8. The van der Waals surface area contributed by atoms with Gasteiger partial charge in [0.2, 0.25) is 0 Å². The molecule has 3 nitrogen and oxygen atoms in total. The van der Waals surface area contributed by atoms with Gasteiger partial charge in [0.1, 0.15) is 11.5 Å². The van der Waals surface area contributed by atoms with E-state index in [0.29, 0.717) is 6.61 Å². The minimum Gasteiger partial charge on any atom is -0.418 e. The summed E-state index contributed by atoms with van der Waals surface area (Å²) in [5.74, 6) is 1.54. The lowest BCUT2D eigenvalue weighted by molar-refractivity contribution is 0.258. The Morgan fingerprint density at radius 3 is 1.41 bits per heavy atom. The molecule has 0 aliphatic heterocycles. The third kappa shape index (κ3) is 11.9. The molecule has 0 aliphatic rings. The van der Waals surface area contributed by atoms with Gasteiger partial charge in [0, 0.05) is 0 Å². The number of rotatable bonds is 17. The fourth-order valence-electron chi connectivity index (χ4n) is 3.11. The first kappa shape index (κ1) is 23.7. The van der Waals surface area contributed by atoms with E-state index in [9.17, 15) is 0 Å². The monoisotopic (exact) mass is 416 g/mol. The summed E-state index contributed by atoms with van der Waals surface area (Å²) in [7, 11) is -1.45. The summed E-state index contributed by atoms with van der Waals surface area (Å²) in [6.07, 6.45) is 14.6. The molecular formula is C25H37O3P. The van der Waals surface area contributed by atoms with E-state index in [1.807, 2.05) is 60.7 Å². The SMILES string of the molecule is CCCCCCCCCCCCCOP(Oc1ccccc1)Oc1ccccc1. The lowest BCUT2D eigenvalue weighted by Crippen LogP contribution is -2.01. The Kier molecular flexibility index (Phi) is 13.3. The molecule has 0 saturated carbocycles. The second-order valence-electron chi connectivity index (χ2n) is 7.40. The van der Waals surface area contributed by atoms with Crippen molar-refractivity contribution in [2.75, 3.05) is 6.61 Å². The van der Waals surface area contributed by atoms with Gasteiger partial charge in [0.05, 0.1) is 6.61 Å². The number of hydrogen-bond donors (Lipinski definition) is 0. The molecule has 0 unspecified atom stereocenters. The van der Waals surface area contributed by atoms with Gasteiger partial charge in [-0.15, -0.1) is 0 Å². The Morgan fingerprint density at radius 2 is 0.966 bits per heavy atom. The second kappa shape index (κ2) is 16.3. The molecule has 2 aromatic rings. The summed E-state index contributed by atoms with van der Waals surface area (Å²) >= 11 is 0. The molecule has 2 aromatic carbocycles. The lowest BCUT2D eigenvalue weighted by atomic mass is 10.1. The molecule has 0 spiro atoms.